The van der Waals surface area contributed by atoms with Crippen LogP contribution in [-0.2, 0) is 10.0 Å². The summed E-state index contributed by atoms with van der Waals surface area (Å²) in [6, 6.07) is 5.94. The summed E-state index contributed by atoms with van der Waals surface area (Å²) in [5, 5.41) is 0. The molecule has 144 valence electrons. The monoisotopic (exact) mass is 399 g/mol. The fourth-order valence-corrected chi connectivity index (χ4v) is 5.20. The van der Waals surface area contributed by atoms with Gasteiger partial charge in [-0.2, -0.15) is 4.31 Å². The van der Waals surface area contributed by atoms with Crippen molar-refractivity contribution in [1.82, 2.24) is 4.31 Å². The Bertz CT molecular complexity index is 996. The zero-order chi connectivity index (χ0) is 19.2. The molecule has 2 aromatic carbocycles. The zero-order valence-electron chi connectivity index (χ0n) is 14.1. The number of halogens is 3. The Morgan fingerprint density at radius 1 is 0.963 bits per heavy atom. The van der Waals surface area contributed by atoms with Crippen molar-refractivity contribution in [3.63, 3.8) is 0 Å². The molecule has 0 unspecified atom stereocenters. The summed E-state index contributed by atoms with van der Waals surface area (Å²) in [6.45, 7) is 0.981. The van der Waals surface area contributed by atoms with E-state index < -0.39 is 38.4 Å². The molecule has 0 aliphatic carbocycles. The summed E-state index contributed by atoms with van der Waals surface area (Å²) in [7, 11) is -4.35. The topological polar surface area (TPSA) is 55.8 Å². The lowest BCUT2D eigenvalue weighted by Crippen LogP contribution is -2.31. The van der Waals surface area contributed by atoms with E-state index in [1.807, 2.05) is 0 Å². The molecule has 0 N–H and O–H groups in total. The van der Waals surface area contributed by atoms with E-state index in [-0.39, 0.29) is 6.54 Å². The molecule has 0 radical (unpaired) electrons. The molecule has 4 rings (SSSR count). The third kappa shape index (κ3) is 3.04. The standard InChI is InChI=1S/C18H16F3NO4S/c19-12-4-6-16(18(21)17(12)20)27(23,24)22-7-1-2-13(22)11-3-5-14-15(10-11)26-9-8-25-14/h3-6,10,13H,1-2,7-9H2/t13-/m1/s1. The van der Waals surface area contributed by atoms with Crippen molar-refractivity contribution in [1.29, 1.82) is 0 Å². The van der Waals surface area contributed by atoms with Crippen LogP contribution in [0.15, 0.2) is 35.2 Å². The quantitative estimate of drug-likeness (QED) is 0.743. The zero-order valence-corrected chi connectivity index (χ0v) is 14.9. The first kappa shape index (κ1) is 18.1. The molecule has 0 saturated carbocycles. The minimum atomic E-state index is -4.35. The Labute approximate surface area is 154 Å². The normalized spacial score (nSPS) is 20.0. The predicted octanol–water partition coefficient (Wildman–Crippen LogP) is 3.40. The average Bonchev–Trinajstić information content (AvgIpc) is 3.16. The minimum Gasteiger partial charge on any atom is -0.486 e. The molecule has 1 fully saturated rings. The number of benzene rings is 2. The smallest absolute Gasteiger partial charge is 0.246 e. The molecule has 1 atom stereocenters. The van der Waals surface area contributed by atoms with Gasteiger partial charge in [-0.25, -0.2) is 21.6 Å². The highest BCUT2D eigenvalue weighted by Gasteiger charge is 2.39. The fraction of sp³-hybridized carbons (Fsp3) is 0.333. The number of fused-ring (bicyclic) bond motifs is 1. The molecule has 9 heteroatoms. The summed E-state index contributed by atoms with van der Waals surface area (Å²) < 4.78 is 78.8. The molecule has 2 aliphatic heterocycles. The summed E-state index contributed by atoms with van der Waals surface area (Å²) in [5.74, 6) is -3.85. The Morgan fingerprint density at radius 2 is 1.70 bits per heavy atom. The van der Waals surface area contributed by atoms with E-state index in [1.165, 1.54) is 0 Å². The van der Waals surface area contributed by atoms with Crippen LogP contribution in [0.1, 0.15) is 24.4 Å². The summed E-state index contributed by atoms with van der Waals surface area (Å²) >= 11 is 0. The number of rotatable bonds is 3. The second-order valence-electron chi connectivity index (χ2n) is 6.35. The maximum absolute atomic E-state index is 14.1. The molecular formula is C18H16F3NO4S. The number of hydrogen-bond donors (Lipinski definition) is 0. The van der Waals surface area contributed by atoms with Gasteiger partial charge < -0.3 is 9.47 Å². The van der Waals surface area contributed by atoms with E-state index in [9.17, 15) is 21.6 Å². The van der Waals surface area contributed by atoms with Crippen molar-refractivity contribution < 1.29 is 31.1 Å². The second kappa shape index (κ2) is 6.72. The minimum absolute atomic E-state index is 0.153. The van der Waals surface area contributed by atoms with Crippen LogP contribution >= 0.6 is 0 Å². The predicted molar refractivity (Wildman–Crippen MR) is 89.6 cm³/mol. The third-order valence-electron chi connectivity index (χ3n) is 4.74. The van der Waals surface area contributed by atoms with Gasteiger partial charge >= 0.3 is 0 Å². The highest BCUT2D eigenvalue weighted by molar-refractivity contribution is 7.89. The fourth-order valence-electron chi connectivity index (χ4n) is 3.46. The molecule has 0 spiro atoms. The van der Waals surface area contributed by atoms with Crippen molar-refractivity contribution in [2.24, 2.45) is 0 Å². The summed E-state index contributed by atoms with van der Waals surface area (Å²) in [5.41, 5.74) is 0.670. The van der Waals surface area contributed by atoms with Gasteiger partial charge in [0.05, 0.1) is 6.04 Å². The maximum Gasteiger partial charge on any atom is 0.246 e. The van der Waals surface area contributed by atoms with Gasteiger partial charge in [-0.15, -0.1) is 0 Å². The van der Waals surface area contributed by atoms with Gasteiger partial charge in [0.15, 0.2) is 29.0 Å². The van der Waals surface area contributed by atoms with Crippen molar-refractivity contribution in [3.8, 4) is 11.5 Å². The van der Waals surface area contributed by atoms with Crippen LogP contribution < -0.4 is 9.47 Å². The Kier molecular flexibility index (Phi) is 4.51. The molecule has 5 nitrogen and oxygen atoms in total. The molecular weight excluding hydrogens is 383 g/mol. The van der Waals surface area contributed by atoms with E-state index in [4.69, 9.17) is 9.47 Å². The molecule has 27 heavy (non-hydrogen) atoms. The summed E-state index contributed by atoms with van der Waals surface area (Å²) in [4.78, 5) is -0.870. The van der Waals surface area contributed by atoms with Crippen LogP contribution in [0, 0.1) is 17.5 Å². The van der Waals surface area contributed by atoms with E-state index in [1.54, 1.807) is 18.2 Å². The number of sulfonamides is 1. The van der Waals surface area contributed by atoms with Crippen LogP contribution in [0.4, 0.5) is 13.2 Å². The van der Waals surface area contributed by atoms with Gasteiger partial charge in [0.25, 0.3) is 0 Å². The van der Waals surface area contributed by atoms with Crippen molar-refractivity contribution in [2.45, 2.75) is 23.8 Å². The van der Waals surface area contributed by atoms with E-state index in [0.717, 1.165) is 10.4 Å². The van der Waals surface area contributed by atoms with Crippen LogP contribution in [0.25, 0.3) is 0 Å². The highest BCUT2D eigenvalue weighted by Crippen LogP contribution is 2.41. The van der Waals surface area contributed by atoms with E-state index >= 15 is 0 Å². The second-order valence-corrected chi connectivity index (χ2v) is 8.21. The van der Waals surface area contributed by atoms with Crippen molar-refractivity contribution in [2.75, 3.05) is 19.8 Å². The molecule has 1 saturated heterocycles. The van der Waals surface area contributed by atoms with Gasteiger partial charge in [-0.1, -0.05) is 6.07 Å². The Hall–Kier alpha value is -2.26. The van der Waals surface area contributed by atoms with Crippen LogP contribution in [-0.4, -0.2) is 32.5 Å². The first-order chi connectivity index (χ1) is 12.9. The van der Waals surface area contributed by atoms with Crippen molar-refractivity contribution in [3.05, 3.63) is 53.3 Å². The van der Waals surface area contributed by atoms with Gasteiger partial charge in [0.2, 0.25) is 10.0 Å². The molecule has 0 bridgehead atoms. The van der Waals surface area contributed by atoms with E-state index in [2.05, 4.69) is 0 Å². The van der Waals surface area contributed by atoms with Gasteiger partial charge in [0.1, 0.15) is 18.1 Å². The van der Waals surface area contributed by atoms with E-state index in [0.29, 0.717) is 49.2 Å². The number of ether oxygens (including phenoxy) is 2. The van der Waals surface area contributed by atoms with Crippen LogP contribution in [0.3, 0.4) is 0 Å². The largest absolute Gasteiger partial charge is 0.486 e. The Balaban J connectivity index is 1.72. The molecule has 2 aromatic rings. The maximum atomic E-state index is 14.1. The highest BCUT2D eigenvalue weighted by atomic mass is 32.2. The molecule has 0 amide bonds. The van der Waals surface area contributed by atoms with Gasteiger partial charge in [0, 0.05) is 6.54 Å². The van der Waals surface area contributed by atoms with Gasteiger partial charge in [-0.05, 0) is 42.7 Å². The first-order valence-electron chi connectivity index (χ1n) is 8.44. The lowest BCUT2D eigenvalue weighted by Gasteiger charge is -2.26. The SMILES string of the molecule is O=S(=O)(c1ccc(F)c(F)c1F)N1CCC[C@@H]1c1ccc2c(c1)OCCO2. The molecule has 2 heterocycles. The Morgan fingerprint density at radius 3 is 2.48 bits per heavy atom. The third-order valence-corrected chi connectivity index (χ3v) is 6.67. The molecule has 2 aliphatic rings. The van der Waals surface area contributed by atoms with Crippen LogP contribution in [0.2, 0.25) is 0 Å². The number of nitrogens with zero attached hydrogens (tertiary/aromatic N) is 1. The van der Waals surface area contributed by atoms with Crippen LogP contribution in [0.5, 0.6) is 11.5 Å². The summed E-state index contributed by atoms with van der Waals surface area (Å²) in [6.07, 6.45) is 1.08. The number of hydrogen-bond acceptors (Lipinski definition) is 4. The molecule has 0 aromatic heterocycles. The van der Waals surface area contributed by atoms with Crippen molar-refractivity contribution >= 4 is 10.0 Å². The van der Waals surface area contributed by atoms with Gasteiger partial charge in [-0.3, -0.25) is 0 Å². The lowest BCUT2D eigenvalue weighted by molar-refractivity contribution is 0.171. The average molecular weight is 399 g/mol. The lowest BCUT2D eigenvalue weighted by atomic mass is 10.0. The first-order valence-corrected chi connectivity index (χ1v) is 9.88.